The molecule has 3 aromatic rings. The van der Waals surface area contributed by atoms with Gasteiger partial charge in [0.05, 0.1) is 12.0 Å². The van der Waals surface area contributed by atoms with E-state index in [4.69, 9.17) is 9.47 Å². The lowest BCUT2D eigenvalue weighted by molar-refractivity contribution is -0.149. The second-order valence-electron chi connectivity index (χ2n) is 8.18. The van der Waals surface area contributed by atoms with Gasteiger partial charge in [-0.05, 0) is 73.0 Å². The van der Waals surface area contributed by atoms with Gasteiger partial charge in [-0.15, -0.1) is 0 Å². The lowest BCUT2D eigenvalue weighted by Gasteiger charge is -2.21. The van der Waals surface area contributed by atoms with E-state index < -0.39 is 22.1 Å². The Bertz CT molecular complexity index is 1380. The summed E-state index contributed by atoms with van der Waals surface area (Å²) >= 11 is 0. The lowest BCUT2D eigenvalue weighted by Crippen LogP contribution is -2.38. The van der Waals surface area contributed by atoms with E-state index in [1.54, 1.807) is 48.2 Å². The maximum Gasteiger partial charge on any atom is 0.331 e. The molecular weight excluding hydrogens is 480 g/mol. The number of nitrogens with one attached hydrogen (secondary N) is 1. The number of carbonyl (C=O) groups excluding carboxylic acids is 2. The van der Waals surface area contributed by atoms with Gasteiger partial charge in [-0.2, -0.15) is 0 Å². The fourth-order valence-corrected chi connectivity index (χ4v) is 4.90. The predicted molar refractivity (Wildman–Crippen MR) is 137 cm³/mol. The highest BCUT2D eigenvalue weighted by Crippen LogP contribution is 2.28. The van der Waals surface area contributed by atoms with Crippen molar-refractivity contribution >= 4 is 39.4 Å². The van der Waals surface area contributed by atoms with Crippen molar-refractivity contribution in [1.82, 2.24) is 0 Å². The molecule has 1 atom stereocenters. The molecule has 0 aromatic heterocycles. The van der Waals surface area contributed by atoms with E-state index in [1.165, 1.54) is 31.4 Å². The predicted octanol–water partition coefficient (Wildman–Crippen LogP) is 4.03. The Morgan fingerprint density at radius 3 is 2.39 bits per heavy atom. The van der Waals surface area contributed by atoms with Gasteiger partial charge >= 0.3 is 5.97 Å². The summed E-state index contributed by atoms with van der Waals surface area (Å²) in [6.07, 6.45) is 2.53. The molecule has 3 aromatic carbocycles. The Balaban J connectivity index is 1.34. The van der Waals surface area contributed by atoms with E-state index in [0.29, 0.717) is 23.5 Å². The second-order valence-corrected chi connectivity index (χ2v) is 9.87. The highest BCUT2D eigenvalue weighted by molar-refractivity contribution is 7.92. The van der Waals surface area contributed by atoms with Crippen LogP contribution in [0.25, 0.3) is 6.08 Å². The van der Waals surface area contributed by atoms with Crippen molar-refractivity contribution < 1.29 is 27.5 Å². The highest BCUT2D eigenvalue weighted by Gasteiger charge is 2.29. The minimum absolute atomic E-state index is 0.0724. The number of esters is 1. The Morgan fingerprint density at radius 1 is 1.00 bits per heavy atom. The van der Waals surface area contributed by atoms with Crippen LogP contribution in [-0.2, 0) is 30.8 Å². The van der Waals surface area contributed by atoms with Crippen molar-refractivity contribution in [2.45, 2.75) is 24.3 Å². The molecule has 1 heterocycles. The van der Waals surface area contributed by atoms with E-state index in [9.17, 15) is 18.0 Å². The normalized spacial score (nSPS) is 13.8. The molecule has 0 aliphatic carbocycles. The first-order valence-electron chi connectivity index (χ1n) is 11.3. The number of amides is 1. The number of sulfonamides is 1. The molecule has 8 nitrogen and oxygen atoms in total. The molecule has 1 N–H and O–H groups in total. The highest BCUT2D eigenvalue weighted by atomic mass is 32.2. The number of hydrogen-bond donors (Lipinski definition) is 1. The van der Waals surface area contributed by atoms with Crippen molar-refractivity contribution in [1.29, 1.82) is 0 Å². The maximum absolute atomic E-state index is 12.8. The molecule has 1 aliphatic rings. The fourth-order valence-electron chi connectivity index (χ4n) is 3.85. The topological polar surface area (TPSA) is 102 Å². The van der Waals surface area contributed by atoms with Crippen LogP contribution in [0.3, 0.4) is 0 Å². The summed E-state index contributed by atoms with van der Waals surface area (Å²) < 4.78 is 38.1. The fraction of sp³-hybridized carbons (Fsp3) is 0.185. The van der Waals surface area contributed by atoms with Gasteiger partial charge in [0.1, 0.15) is 5.75 Å². The van der Waals surface area contributed by atoms with Gasteiger partial charge in [-0.3, -0.25) is 9.52 Å². The lowest BCUT2D eigenvalue weighted by atomic mass is 10.2. The van der Waals surface area contributed by atoms with Crippen molar-refractivity contribution in [2.75, 3.05) is 23.3 Å². The van der Waals surface area contributed by atoms with Crippen molar-refractivity contribution in [3.05, 3.63) is 90.0 Å². The van der Waals surface area contributed by atoms with E-state index in [2.05, 4.69) is 4.72 Å². The Morgan fingerprint density at radius 2 is 1.69 bits per heavy atom. The van der Waals surface area contributed by atoms with Crippen molar-refractivity contribution in [2.24, 2.45) is 0 Å². The average molecular weight is 507 g/mol. The molecule has 4 rings (SSSR count). The molecule has 1 amide bonds. The van der Waals surface area contributed by atoms with Gasteiger partial charge < -0.3 is 14.4 Å². The summed E-state index contributed by atoms with van der Waals surface area (Å²) in [5.74, 6) is -0.324. The van der Waals surface area contributed by atoms with Gasteiger partial charge in [-0.1, -0.05) is 30.3 Å². The molecule has 0 saturated heterocycles. The van der Waals surface area contributed by atoms with Crippen LogP contribution >= 0.6 is 0 Å². The summed E-state index contributed by atoms with van der Waals surface area (Å²) in [5, 5.41) is 0. The molecule has 0 fully saturated rings. The van der Waals surface area contributed by atoms with Crippen LogP contribution in [0.4, 0.5) is 11.4 Å². The van der Waals surface area contributed by atoms with Crippen molar-refractivity contribution in [3.8, 4) is 5.75 Å². The molecule has 1 unspecified atom stereocenters. The van der Waals surface area contributed by atoms with E-state index in [-0.39, 0.29) is 10.8 Å². The number of carbonyl (C=O) groups is 2. The van der Waals surface area contributed by atoms with Crippen LogP contribution in [0.15, 0.2) is 83.8 Å². The third kappa shape index (κ3) is 5.75. The van der Waals surface area contributed by atoms with Crippen LogP contribution in [0, 0.1) is 0 Å². The number of fused-ring (bicyclic) bond motifs is 1. The van der Waals surface area contributed by atoms with Crippen LogP contribution in [0.5, 0.6) is 5.75 Å². The van der Waals surface area contributed by atoms with Crippen LogP contribution < -0.4 is 14.4 Å². The number of rotatable bonds is 8. The molecule has 0 saturated carbocycles. The van der Waals surface area contributed by atoms with Gasteiger partial charge in [0.15, 0.2) is 6.10 Å². The van der Waals surface area contributed by atoms with Gasteiger partial charge in [-0.25, -0.2) is 13.2 Å². The quantitative estimate of drug-likeness (QED) is 0.366. The molecule has 9 heteroatoms. The van der Waals surface area contributed by atoms with Gasteiger partial charge in [0.25, 0.3) is 15.9 Å². The third-order valence-electron chi connectivity index (χ3n) is 5.74. The first-order chi connectivity index (χ1) is 17.3. The first-order valence-corrected chi connectivity index (χ1v) is 12.8. The number of benzene rings is 3. The second kappa shape index (κ2) is 10.7. The zero-order valence-electron chi connectivity index (χ0n) is 19.9. The Labute approximate surface area is 210 Å². The first kappa shape index (κ1) is 25.0. The Hall–Kier alpha value is -4.11. The minimum atomic E-state index is -3.78. The van der Waals surface area contributed by atoms with Gasteiger partial charge in [0.2, 0.25) is 0 Å². The Kier molecular flexibility index (Phi) is 7.40. The van der Waals surface area contributed by atoms with Gasteiger partial charge in [0, 0.05) is 24.0 Å². The summed E-state index contributed by atoms with van der Waals surface area (Å²) in [6, 6.07) is 20.2. The molecule has 0 spiro atoms. The van der Waals surface area contributed by atoms with Crippen molar-refractivity contribution in [3.63, 3.8) is 0 Å². The molecular formula is C27H26N2O6S. The summed E-state index contributed by atoms with van der Waals surface area (Å²) in [7, 11) is -2.25. The van der Waals surface area contributed by atoms with Crippen LogP contribution in [0.2, 0.25) is 0 Å². The minimum Gasteiger partial charge on any atom is -0.497 e. The van der Waals surface area contributed by atoms with E-state index in [1.807, 2.05) is 24.3 Å². The molecule has 186 valence electrons. The van der Waals surface area contributed by atoms with Crippen LogP contribution in [0.1, 0.15) is 18.1 Å². The number of methoxy groups -OCH3 is 1. The standard InChI is InChI=1S/C27H26N2O6S/c1-19(27(31)29-18-17-21-5-3-4-6-25(21)29)35-26(30)16-9-20-7-14-24(15-8-20)36(32,33)28-22-10-12-23(34-2)13-11-22/h3-16,19,28H,17-18H2,1-2H3. The van der Waals surface area contributed by atoms with E-state index >= 15 is 0 Å². The number of hydrogen-bond acceptors (Lipinski definition) is 6. The molecule has 1 aliphatic heterocycles. The largest absolute Gasteiger partial charge is 0.497 e. The molecule has 36 heavy (non-hydrogen) atoms. The van der Waals surface area contributed by atoms with Crippen LogP contribution in [-0.4, -0.2) is 40.1 Å². The zero-order chi connectivity index (χ0) is 25.7. The average Bonchev–Trinajstić information content (AvgIpc) is 3.31. The molecule has 0 radical (unpaired) electrons. The number of anilines is 2. The summed E-state index contributed by atoms with van der Waals surface area (Å²) in [4.78, 5) is 26.7. The third-order valence-corrected chi connectivity index (χ3v) is 7.14. The molecule has 0 bridgehead atoms. The zero-order valence-corrected chi connectivity index (χ0v) is 20.7. The smallest absolute Gasteiger partial charge is 0.331 e. The monoisotopic (exact) mass is 506 g/mol. The SMILES string of the molecule is COc1ccc(NS(=O)(=O)c2ccc(C=CC(=O)OC(C)C(=O)N3CCc4ccccc43)cc2)cc1. The number of ether oxygens (including phenoxy) is 2. The summed E-state index contributed by atoms with van der Waals surface area (Å²) in [6.45, 7) is 2.10. The number of para-hydroxylation sites is 1. The number of nitrogens with zero attached hydrogens (tertiary/aromatic N) is 1. The van der Waals surface area contributed by atoms with E-state index in [0.717, 1.165) is 17.7 Å². The maximum atomic E-state index is 12.8. The summed E-state index contributed by atoms with van der Waals surface area (Å²) in [5.41, 5.74) is 2.94.